The summed E-state index contributed by atoms with van der Waals surface area (Å²) in [5, 5.41) is 3.24. The lowest BCUT2D eigenvalue weighted by Gasteiger charge is -2.36. The normalized spacial score (nSPS) is 17.4. The molecule has 0 amide bonds. The molecule has 1 aromatic carbocycles. The highest BCUT2D eigenvalue weighted by molar-refractivity contribution is 5.94. The summed E-state index contributed by atoms with van der Waals surface area (Å²) in [4.78, 5) is 22.4. The van der Waals surface area contributed by atoms with E-state index in [9.17, 15) is 4.79 Å². The molecule has 2 aromatic rings. The number of nitrogen functional groups attached to an aromatic ring is 1. The maximum Gasteiger partial charge on any atom is 0.159 e. The molecule has 1 saturated heterocycles. The first-order valence-corrected chi connectivity index (χ1v) is 8.85. The first-order chi connectivity index (χ1) is 12.1. The molecule has 3 N–H and O–H groups in total. The van der Waals surface area contributed by atoms with Crippen LogP contribution in [0.1, 0.15) is 49.9 Å². The SMILES string of the molecule is CCC1CCCCN1c1ncnc(Nc2ccc(C(C)=O)cc2)c1N. The number of benzene rings is 1. The van der Waals surface area contributed by atoms with E-state index >= 15 is 0 Å². The molecular weight excluding hydrogens is 314 g/mol. The van der Waals surface area contributed by atoms with Crippen LogP contribution < -0.4 is 16.0 Å². The molecule has 0 saturated carbocycles. The fourth-order valence-electron chi connectivity index (χ4n) is 3.34. The molecule has 1 aromatic heterocycles. The van der Waals surface area contributed by atoms with Gasteiger partial charge in [0, 0.05) is 23.8 Å². The van der Waals surface area contributed by atoms with Gasteiger partial charge >= 0.3 is 0 Å². The molecular formula is C19H25N5O. The molecule has 1 aliphatic heterocycles. The van der Waals surface area contributed by atoms with Gasteiger partial charge in [0.25, 0.3) is 0 Å². The highest BCUT2D eigenvalue weighted by Crippen LogP contribution is 2.33. The number of aromatic nitrogens is 2. The van der Waals surface area contributed by atoms with Gasteiger partial charge in [-0.3, -0.25) is 4.79 Å². The van der Waals surface area contributed by atoms with Crippen LogP contribution in [0.2, 0.25) is 0 Å². The highest BCUT2D eigenvalue weighted by Gasteiger charge is 2.24. The van der Waals surface area contributed by atoms with Gasteiger partial charge in [-0.1, -0.05) is 6.92 Å². The van der Waals surface area contributed by atoms with Crippen molar-refractivity contribution in [2.24, 2.45) is 0 Å². The highest BCUT2D eigenvalue weighted by atomic mass is 16.1. The van der Waals surface area contributed by atoms with Crippen LogP contribution >= 0.6 is 0 Å². The van der Waals surface area contributed by atoms with E-state index < -0.39 is 0 Å². The summed E-state index contributed by atoms with van der Waals surface area (Å²) >= 11 is 0. The summed E-state index contributed by atoms with van der Waals surface area (Å²) in [6.07, 6.45) is 6.23. The maximum atomic E-state index is 11.4. The molecule has 0 bridgehead atoms. The second-order valence-electron chi connectivity index (χ2n) is 6.47. The summed E-state index contributed by atoms with van der Waals surface area (Å²) in [7, 11) is 0. The number of hydrogen-bond acceptors (Lipinski definition) is 6. The van der Waals surface area contributed by atoms with E-state index in [1.807, 2.05) is 12.1 Å². The molecule has 1 fully saturated rings. The molecule has 6 nitrogen and oxygen atoms in total. The zero-order valence-electron chi connectivity index (χ0n) is 14.8. The minimum atomic E-state index is 0.0473. The van der Waals surface area contributed by atoms with Crippen molar-refractivity contribution in [3.05, 3.63) is 36.2 Å². The van der Waals surface area contributed by atoms with Gasteiger partial charge in [0.1, 0.15) is 12.0 Å². The molecule has 132 valence electrons. The Labute approximate surface area is 148 Å². The van der Waals surface area contributed by atoms with E-state index in [1.54, 1.807) is 25.4 Å². The first kappa shape index (κ1) is 17.2. The number of ketones is 1. The quantitative estimate of drug-likeness (QED) is 0.807. The third-order valence-electron chi connectivity index (χ3n) is 4.79. The minimum absolute atomic E-state index is 0.0473. The van der Waals surface area contributed by atoms with Gasteiger partial charge < -0.3 is 16.0 Å². The van der Waals surface area contributed by atoms with Crippen LogP contribution in [0.4, 0.5) is 23.0 Å². The van der Waals surface area contributed by atoms with E-state index in [0.29, 0.717) is 23.1 Å². The molecule has 1 aliphatic rings. The number of carbonyl (C=O) groups excluding carboxylic acids is 1. The number of Topliss-reactive ketones (excluding diaryl/α,β-unsaturated/α-hetero) is 1. The lowest BCUT2D eigenvalue weighted by atomic mass is 10.00. The van der Waals surface area contributed by atoms with Gasteiger partial charge in [0.2, 0.25) is 0 Å². The Morgan fingerprint density at radius 1 is 1.28 bits per heavy atom. The lowest BCUT2D eigenvalue weighted by molar-refractivity contribution is 0.101. The van der Waals surface area contributed by atoms with Gasteiger partial charge in [-0.05, 0) is 56.9 Å². The zero-order valence-corrected chi connectivity index (χ0v) is 14.8. The van der Waals surface area contributed by atoms with Gasteiger partial charge in [0.15, 0.2) is 17.4 Å². The van der Waals surface area contributed by atoms with Crippen LogP contribution in [0.25, 0.3) is 0 Å². The monoisotopic (exact) mass is 339 g/mol. The van der Waals surface area contributed by atoms with Crippen LogP contribution in [0.3, 0.4) is 0 Å². The largest absolute Gasteiger partial charge is 0.393 e. The van der Waals surface area contributed by atoms with E-state index in [1.165, 1.54) is 12.8 Å². The van der Waals surface area contributed by atoms with Crippen LogP contribution in [0, 0.1) is 0 Å². The number of nitrogens with zero attached hydrogens (tertiary/aromatic N) is 3. The summed E-state index contributed by atoms with van der Waals surface area (Å²) in [5.74, 6) is 1.46. The van der Waals surface area contributed by atoms with Crippen LogP contribution in [-0.2, 0) is 0 Å². The standard InChI is InChI=1S/C19H25N5O/c1-3-16-6-4-5-11-24(16)19-17(20)18(21-12-22-19)23-15-9-7-14(8-10-15)13(2)25/h7-10,12,16H,3-6,11,20H2,1-2H3,(H,21,22,23). The number of piperidine rings is 1. The van der Waals surface area contributed by atoms with E-state index in [-0.39, 0.29) is 5.78 Å². The topological polar surface area (TPSA) is 84.1 Å². The molecule has 6 heteroatoms. The average molecular weight is 339 g/mol. The van der Waals surface area contributed by atoms with Crippen LogP contribution in [0.15, 0.2) is 30.6 Å². The number of hydrogen-bond donors (Lipinski definition) is 2. The van der Waals surface area contributed by atoms with Crippen molar-refractivity contribution in [1.29, 1.82) is 0 Å². The fourth-order valence-corrected chi connectivity index (χ4v) is 3.34. The predicted octanol–water partition coefficient (Wildman–Crippen LogP) is 3.77. The molecule has 3 rings (SSSR count). The number of carbonyl (C=O) groups is 1. The summed E-state index contributed by atoms with van der Waals surface area (Å²) < 4.78 is 0. The number of nitrogens with one attached hydrogen (secondary N) is 1. The Hall–Kier alpha value is -2.63. The Kier molecular flexibility index (Phi) is 5.16. The van der Waals surface area contributed by atoms with Crippen molar-refractivity contribution in [3.63, 3.8) is 0 Å². The average Bonchev–Trinajstić information content (AvgIpc) is 2.64. The summed E-state index contributed by atoms with van der Waals surface area (Å²) in [6, 6.07) is 7.77. The van der Waals surface area contributed by atoms with Crippen molar-refractivity contribution >= 4 is 28.8 Å². The Balaban J connectivity index is 1.84. The Bertz CT molecular complexity index is 744. The van der Waals surface area contributed by atoms with Crippen LogP contribution in [0.5, 0.6) is 0 Å². The van der Waals surface area contributed by atoms with Gasteiger partial charge in [-0.2, -0.15) is 0 Å². The van der Waals surface area contributed by atoms with Crippen molar-refractivity contribution < 1.29 is 4.79 Å². The Morgan fingerprint density at radius 2 is 2.04 bits per heavy atom. The molecule has 2 heterocycles. The summed E-state index contributed by atoms with van der Waals surface area (Å²) in [6.45, 7) is 4.74. The van der Waals surface area contributed by atoms with E-state index in [0.717, 1.165) is 30.9 Å². The lowest BCUT2D eigenvalue weighted by Crippen LogP contribution is -2.40. The maximum absolute atomic E-state index is 11.4. The van der Waals surface area contributed by atoms with Gasteiger partial charge in [0.05, 0.1) is 0 Å². The molecule has 0 aliphatic carbocycles. The smallest absolute Gasteiger partial charge is 0.159 e. The third-order valence-corrected chi connectivity index (χ3v) is 4.79. The second-order valence-corrected chi connectivity index (χ2v) is 6.47. The van der Waals surface area contributed by atoms with Crippen molar-refractivity contribution in [2.45, 2.75) is 45.6 Å². The fraction of sp³-hybridized carbons (Fsp3) is 0.421. The zero-order chi connectivity index (χ0) is 17.8. The van der Waals surface area contributed by atoms with Crippen molar-refractivity contribution in [3.8, 4) is 0 Å². The number of nitrogens with two attached hydrogens (primary N) is 1. The second kappa shape index (κ2) is 7.51. The minimum Gasteiger partial charge on any atom is -0.393 e. The van der Waals surface area contributed by atoms with E-state index in [4.69, 9.17) is 5.73 Å². The molecule has 1 unspecified atom stereocenters. The number of anilines is 4. The molecule has 25 heavy (non-hydrogen) atoms. The van der Waals surface area contributed by atoms with Gasteiger partial charge in [-0.15, -0.1) is 0 Å². The first-order valence-electron chi connectivity index (χ1n) is 8.85. The van der Waals surface area contributed by atoms with Crippen molar-refractivity contribution in [2.75, 3.05) is 22.5 Å². The molecule has 0 radical (unpaired) electrons. The molecule has 1 atom stereocenters. The summed E-state index contributed by atoms with van der Waals surface area (Å²) in [5.41, 5.74) is 8.46. The van der Waals surface area contributed by atoms with Gasteiger partial charge in [-0.25, -0.2) is 9.97 Å². The molecule has 0 spiro atoms. The van der Waals surface area contributed by atoms with Crippen LogP contribution in [-0.4, -0.2) is 28.3 Å². The third kappa shape index (κ3) is 3.73. The van der Waals surface area contributed by atoms with Crippen molar-refractivity contribution in [1.82, 2.24) is 9.97 Å². The number of rotatable bonds is 5. The van der Waals surface area contributed by atoms with E-state index in [2.05, 4.69) is 27.1 Å². The Morgan fingerprint density at radius 3 is 2.72 bits per heavy atom. The predicted molar refractivity (Wildman–Crippen MR) is 101 cm³/mol.